The van der Waals surface area contributed by atoms with Crippen molar-refractivity contribution in [3.8, 4) is 0 Å². The number of aryl methyl sites for hydroxylation is 1. The molecule has 0 unspecified atom stereocenters. The molecule has 0 aliphatic rings. The molecule has 0 aliphatic heterocycles. The number of halogens is 2. The minimum Gasteiger partial charge on any atom is -0.357 e. The molecule has 0 bridgehead atoms. The first-order chi connectivity index (χ1) is 12.3. The van der Waals surface area contributed by atoms with Gasteiger partial charge in [0.05, 0.1) is 11.4 Å². The molecule has 9 heteroatoms. The van der Waals surface area contributed by atoms with Crippen molar-refractivity contribution in [1.82, 2.24) is 10.6 Å². The topological polar surface area (TPSA) is 96.6 Å². The third-order valence-electron chi connectivity index (χ3n) is 3.67. The quantitative estimate of drug-likeness (QED) is 0.319. The SMILES string of the molecule is CCNC(=NCc1cccc(S(N)(=O)=O)c1)NCc1ccc(F)c(C)c1.I. The molecule has 0 radical (unpaired) electrons. The highest BCUT2D eigenvalue weighted by molar-refractivity contribution is 14.0. The average Bonchev–Trinajstić information content (AvgIpc) is 2.60. The molecule has 0 spiro atoms. The molecule has 0 fully saturated rings. The van der Waals surface area contributed by atoms with Gasteiger partial charge in [-0.05, 0) is 48.7 Å². The Hall–Kier alpha value is -1.72. The molecule has 2 rings (SSSR count). The maximum atomic E-state index is 13.3. The number of aliphatic imine (C=N–C) groups is 1. The lowest BCUT2D eigenvalue weighted by Crippen LogP contribution is -2.36. The van der Waals surface area contributed by atoms with Crippen LogP contribution in [0.2, 0.25) is 0 Å². The molecular weight excluding hydrogens is 482 g/mol. The molecule has 0 aromatic heterocycles. The molecular formula is C18H24FIN4O2S. The van der Waals surface area contributed by atoms with Crippen molar-refractivity contribution in [2.24, 2.45) is 10.1 Å². The van der Waals surface area contributed by atoms with Crippen LogP contribution in [0.25, 0.3) is 0 Å². The van der Waals surface area contributed by atoms with Gasteiger partial charge in [-0.3, -0.25) is 0 Å². The Balaban J connectivity index is 0.00000364. The molecule has 0 saturated heterocycles. The third kappa shape index (κ3) is 7.43. The Labute approximate surface area is 176 Å². The molecule has 6 nitrogen and oxygen atoms in total. The van der Waals surface area contributed by atoms with E-state index in [-0.39, 0.29) is 34.7 Å². The van der Waals surface area contributed by atoms with Crippen LogP contribution in [0.4, 0.5) is 4.39 Å². The van der Waals surface area contributed by atoms with Crippen LogP contribution in [0.5, 0.6) is 0 Å². The summed E-state index contributed by atoms with van der Waals surface area (Å²) in [5, 5.41) is 11.4. The van der Waals surface area contributed by atoms with Gasteiger partial charge in [0.25, 0.3) is 0 Å². The lowest BCUT2D eigenvalue weighted by atomic mass is 10.1. The number of guanidine groups is 1. The third-order valence-corrected chi connectivity index (χ3v) is 4.58. The largest absolute Gasteiger partial charge is 0.357 e. The van der Waals surface area contributed by atoms with Gasteiger partial charge in [0.15, 0.2) is 5.96 Å². The van der Waals surface area contributed by atoms with Crippen molar-refractivity contribution < 1.29 is 12.8 Å². The van der Waals surface area contributed by atoms with Gasteiger partial charge in [-0.25, -0.2) is 22.9 Å². The van der Waals surface area contributed by atoms with Crippen molar-refractivity contribution in [3.05, 3.63) is 65.0 Å². The van der Waals surface area contributed by atoms with E-state index in [1.807, 2.05) is 6.92 Å². The summed E-state index contributed by atoms with van der Waals surface area (Å²) in [6.45, 7) is 5.12. The van der Waals surface area contributed by atoms with E-state index >= 15 is 0 Å². The number of benzene rings is 2. The summed E-state index contributed by atoms with van der Waals surface area (Å²) in [5.74, 6) is 0.347. The lowest BCUT2D eigenvalue weighted by molar-refractivity contribution is 0.597. The number of nitrogens with two attached hydrogens (primary N) is 1. The van der Waals surface area contributed by atoms with Crippen molar-refractivity contribution in [3.63, 3.8) is 0 Å². The van der Waals surface area contributed by atoms with E-state index in [1.165, 1.54) is 18.2 Å². The summed E-state index contributed by atoms with van der Waals surface area (Å²) >= 11 is 0. The average molecular weight is 506 g/mol. The molecule has 2 aromatic rings. The lowest BCUT2D eigenvalue weighted by Gasteiger charge is -2.12. The van der Waals surface area contributed by atoms with Gasteiger partial charge in [-0.1, -0.05) is 24.3 Å². The van der Waals surface area contributed by atoms with E-state index in [9.17, 15) is 12.8 Å². The van der Waals surface area contributed by atoms with Crippen LogP contribution >= 0.6 is 24.0 Å². The second-order valence-electron chi connectivity index (χ2n) is 5.82. The second-order valence-corrected chi connectivity index (χ2v) is 7.39. The fourth-order valence-electron chi connectivity index (χ4n) is 2.34. The van der Waals surface area contributed by atoms with Crippen molar-refractivity contribution in [2.75, 3.05) is 6.54 Å². The highest BCUT2D eigenvalue weighted by Crippen LogP contribution is 2.11. The molecule has 0 heterocycles. The minimum atomic E-state index is -3.74. The van der Waals surface area contributed by atoms with Gasteiger partial charge >= 0.3 is 0 Å². The molecule has 0 amide bonds. The molecule has 0 atom stereocenters. The van der Waals surface area contributed by atoms with Gasteiger partial charge in [-0.2, -0.15) is 0 Å². The van der Waals surface area contributed by atoms with Crippen LogP contribution in [-0.4, -0.2) is 20.9 Å². The maximum absolute atomic E-state index is 13.3. The number of primary sulfonamides is 1. The minimum absolute atomic E-state index is 0. The molecule has 4 N–H and O–H groups in total. The van der Waals surface area contributed by atoms with E-state index in [4.69, 9.17) is 5.14 Å². The van der Waals surface area contributed by atoms with E-state index in [0.29, 0.717) is 31.2 Å². The highest BCUT2D eigenvalue weighted by Gasteiger charge is 2.08. The highest BCUT2D eigenvalue weighted by atomic mass is 127. The summed E-state index contributed by atoms with van der Waals surface area (Å²) in [4.78, 5) is 4.51. The summed E-state index contributed by atoms with van der Waals surface area (Å²) in [6.07, 6.45) is 0. The summed E-state index contributed by atoms with van der Waals surface area (Å²) in [7, 11) is -3.74. The van der Waals surface area contributed by atoms with Crippen LogP contribution in [0.3, 0.4) is 0 Å². The van der Waals surface area contributed by atoms with Gasteiger partial charge < -0.3 is 10.6 Å². The molecule has 0 aliphatic carbocycles. The number of nitrogens with one attached hydrogen (secondary N) is 2. The second kappa shape index (κ2) is 10.6. The van der Waals surface area contributed by atoms with Crippen LogP contribution in [-0.2, 0) is 23.1 Å². The molecule has 148 valence electrons. The van der Waals surface area contributed by atoms with E-state index < -0.39 is 10.0 Å². The number of hydrogen-bond donors (Lipinski definition) is 3. The zero-order chi connectivity index (χ0) is 19.2. The van der Waals surface area contributed by atoms with Crippen LogP contribution < -0.4 is 15.8 Å². The van der Waals surface area contributed by atoms with Crippen molar-refractivity contribution >= 4 is 40.0 Å². The van der Waals surface area contributed by atoms with Crippen molar-refractivity contribution in [2.45, 2.75) is 31.8 Å². The number of hydrogen-bond acceptors (Lipinski definition) is 3. The first kappa shape index (κ1) is 23.3. The molecule has 2 aromatic carbocycles. The number of rotatable bonds is 6. The smallest absolute Gasteiger partial charge is 0.238 e. The van der Waals surface area contributed by atoms with E-state index in [1.54, 1.807) is 31.2 Å². The summed E-state index contributed by atoms with van der Waals surface area (Å²) in [6, 6.07) is 11.3. The maximum Gasteiger partial charge on any atom is 0.238 e. The van der Waals surface area contributed by atoms with Gasteiger partial charge in [-0.15, -0.1) is 24.0 Å². The fraction of sp³-hybridized carbons (Fsp3) is 0.278. The van der Waals surface area contributed by atoms with E-state index in [0.717, 1.165) is 11.1 Å². The summed E-state index contributed by atoms with van der Waals surface area (Å²) < 4.78 is 36.2. The molecule has 0 saturated carbocycles. The first-order valence-corrected chi connectivity index (χ1v) is 9.73. The monoisotopic (exact) mass is 506 g/mol. The fourth-order valence-corrected chi connectivity index (χ4v) is 2.92. The van der Waals surface area contributed by atoms with Gasteiger partial charge in [0, 0.05) is 13.1 Å². The number of sulfonamides is 1. The zero-order valence-electron chi connectivity index (χ0n) is 15.2. The Bertz CT molecular complexity index is 904. The van der Waals surface area contributed by atoms with Gasteiger partial charge in [0.2, 0.25) is 10.0 Å². The Morgan fingerprint density at radius 2 is 1.89 bits per heavy atom. The Morgan fingerprint density at radius 3 is 2.52 bits per heavy atom. The van der Waals surface area contributed by atoms with Crippen LogP contribution in [0.1, 0.15) is 23.6 Å². The standard InChI is InChI=1S/C18H23FN4O2S.HI/c1-3-21-18(23-12-15-7-8-17(19)13(2)9-15)22-11-14-5-4-6-16(10-14)26(20,24)25;/h4-10H,3,11-12H2,1-2H3,(H2,20,24,25)(H2,21,22,23);1H. The van der Waals surface area contributed by atoms with Gasteiger partial charge in [0.1, 0.15) is 5.82 Å². The van der Waals surface area contributed by atoms with Crippen molar-refractivity contribution in [1.29, 1.82) is 0 Å². The Kier molecular flexibility index (Phi) is 9.13. The Morgan fingerprint density at radius 1 is 1.15 bits per heavy atom. The summed E-state index contributed by atoms with van der Waals surface area (Å²) in [5.41, 5.74) is 2.25. The van der Waals surface area contributed by atoms with E-state index in [2.05, 4.69) is 15.6 Å². The number of nitrogens with zero attached hydrogens (tertiary/aromatic N) is 1. The van der Waals surface area contributed by atoms with Crippen LogP contribution in [0.15, 0.2) is 52.4 Å². The molecule has 27 heavy (non-hydrogen) atoms. The predicted molar refractivity (Wildman–Crippen MR) is 116 cm³/mol. The zero-order valence-corrected chi connectivity index (χ0v) is 18.3. The first-order valence-electron chi connectivity index (χ1n) is 8.18. The van der Waals surface area contributed by atoms with Crippen LogP contribution in [0, 0.1) is 12.7 Å². The normalized spacial score (nSPS) is 11.6. The predicted octanol–water partition coefficient (Wildman–Crippen LogP) is 2.65.